The third-order valence-electron chi connectivity index (χ3n) is 6.55. The predicted octanol–water partition coefficient (Wildman–Crippen LogP) is 2.90. The molecule has 2 N–H and O–H groups in total. The highest BCUT2D eigenvalue weighted by atomic mass is 19.1. The molecule has 5 rings (SSSR count). The molecular weight excluding hydrogens is 421 g/mol. The standard InChI is InChI=1S/C24H26FN7O/c1-15-18-13-28-24(20-6-2-3-8-27-20)29-19(18)7-10-32(15)22-12-17(11-21(25)30-22)31-9-4-5-16(14-31)23(26)33/h2-3,6,8,11-13,15-16H,4-5,7,9-10,14H2,1H3,(H2,26,33). The first-order valence-corrected chi connectivity index (χ1v) is 11.3. The fraction of sp³-hybridized carbons (Fsp3) is 0.375. The minimum absolute atomic E-state index is 0.0617. The van der Waals surface area contributed by atoms with Crippen LogP contribution in [0.3, 0.4) is 0 Å². The molecule has 0 radical (unpaired) electrons. The lowest BCUT2D eigenvalue weighted by molar-refractivity contribution is -0.122. The summed E-state index contributed by atoms with van der Waals surface area (Å²) < 4.78 is 14.6. The van der Waals surface area contributed by atoms with E-state index in [1.54, 1.807) is 6.20 Å². The Kier molecular flexibility index (Phi) is 5.62. The van der Waals surface area contributed by atoms with Crippen molar-refractivity contribution < 1.29 is 9.18 Å². The van der Waals surface area contributed by atoms with Crippen molar-refractivity contribution in [3.63, 3.8) is 0 Å². The van der Waals surface area contributed by atoms with Crippen molar-refractivity contribution in [2.45, 2.75) is 32.2 Å². The van der Waals surface area contributed by atoms with Crippen molar-refractivity contribution in [1.29, 1.82) is 0 Å². The molecular formula is C24H26FN7O. The second-order valence-electron chi connectivity index (χ2n) is 8.62. The van der Waals surface area contributed by atoms with Gasteiger partial charge in [-0.15, -0.1) is 0 Å². The molecule has 1 saturated heterocycles. The summed E-state index contributed by atoms with van der Waals surface area (Å²) in [4.78, 5) is 33.6. The van der Waals surface area contributed by atoms with Crippen LogP contribution in [-0.2, 0) is 11.2 Å². The Morgan fingerprint density at radius 1 is 1.18 bits per heavy atom. The first-order valence-electron chi connectivity index (χ1n) is 11.3. The number of carbonyl (C=O) groups is 1. The van der Waals surface area contributed by atoms with Crippen LogP contribution in [0.15, 0.2) is 42.7 Å². The van der Waals surface area contributed by atoms with Crippen LogP contribution in [0.2, 0.25) is 0 Å². The number of hydrogen-bond acceptors (Lipinski definition) is 7. The second kappa shape index (κ2) is 8.73. The van der Waals surface area contributed by atoms with Crippen molar-refractivity contribution in [3.8, 4) is 11.5 Å². The van der Waals surface area contributed by atoms with E-state index in [2.05, 4.69) is 26.8 Å². The Balaban J connectivity index is 1.41. The van der Waals surface area contributed by atoms with Crippen molar-refractivity contribution in [2.75, 3.05) is 29.4 Å². The summed E-state index contributed by atoms with van der Waals surface area (Å²) in [5, 5.41) is 0. The molecule has 170 valence electrons. The van der Waals surface area contributed by atoms with E-state index in [-0.39, 0.29) is 17.9 Å². The van der Waals surface area contributed by atoms with Crippen LogP contribution in [0.4, 0.5) is 15.9 Å². The Bertz CT molecular complexity index is 1170. The molecule has 3 aromatic heterocycles. The van der Waals surface area contributed by atoms with E-state index in [9.17, 15) is 9.18 Å². The number of hydrogen-bond donors (Lipinski definition) is 1. The maximum Gasteiger partial charge on any atom is 0.222 e. The van der Waals surface area contributed by atoms with E-state index in [1.807, 2.05) is 35.4 Å². The van der Waals surface area contributed by atoms with Crippen molar-refractivity contribution in [3.05, 3.63) is 59.9 Å². The van der Waals surface area contributed by atoms with Crippen LogP contribution in [0.25, 0.3) is 11.5 Å². The Labute approximate surface area is 191 Å². The molecule has 2 unspecified atom stereocenters. The molecule has 0 bridgehead atoms. The third kappa shape index (κ3) is 4.22. The minimum Gasteiger partial charge on any atom is -0.370 e. The summed E-state index contributed by atoms with van der Waals surface area (Å²) in [6.07, 6.45) is 5.88. The van der Waals surface area contributed by atoms with Crippen LogP contribution >= 0.6 is 0 Å². The lowest BCUT2D eigenvalue weighted by atomic mass is 9.97. The summed E-state index contributed by atoms with van der Waals surface area (Å²) in [5.41, 5.74) is 8.96. The number of nitrogens with two attached hydrogens (primary N) is 1. The lowest BCUT2D eigenvalue weighted by Gasteiger charge is -2.37. The fourth-order valence-corrected chi connectivity index (χ4v) is 4.74. The number of primary amides is 1. The van der Waals surface area contributed by atoms with Gasteiger partial charge in [0.2, 0.25) is 11.9 Å². The Morgan fingerprint density at radius 3 is 2.85 bits per heavy atom. The lowest BCUT2D eigenvalue weighted by Crippen LogP contribution is -2.41. The van der Waals surface area contributed by atoms with Gasteiger partial charge in [-0.25, -0.2) is 15.0 Å². The van der Waals surface area contributed by atoms with E-state index in [4.69, 9.17) is 10.7 Å². The van der Waals surface area contributed by atoms with Gasteiger partial charge >= 0.3 is 0 Å². The highest BCUT2D eigenvalue weighted by Gasteiger charge is 2.29. The summed E-state index contributed by atoms with van der Waals surface area (Å²) in [7, 11) is 0. The van der Waals surface area contributed by atoms with Crippen LogP contribution in [-0.4, -0.2) is 45.5 Å². The van der Waals surface area contributed by atoms with E-state index >= 15 is 0 Å². The Hall–Kier alpha value is -3.62. The van der Waals surface area contributed by atoms with Gasteiger partial charge in [-0.05, 0) is 31.9 Å². The summed E-state index contributed by atoms with van der Waals surface area (Å²) in [6, 6.07) is 8.93. The first kappa shape index (κ1) is 21.2. The molecule has 2 atom stereocenters. The van der Waals surface area contributed by atoms with Gasteiger partial charge in [0.05, 0.1) is 17.7 Å². The number of amides is 1. The second-order valence-corrected chi connectivity index (χ2v) is 8.62. The fourth-order valence-electron chi connectivity index (χ4n) is 4.74. The smallest absolute Gasteiger partial charge is 0.222 e. The van der Waals surface area contributed by atoms with Crippen molar-refractivity contribution >= 4 is 17.4 Å². The van der Waals surface area contributed by atoms with Gasteiger partial charge < -0.3 is 15.5 Å². The molecule has 0 aromatic carbocycles. The molecule has 33 heavy (non-hydrogen) atoms. The molecule has 5 heterocycles. The van der Waals surface area contributed by atoms with Crippen molar-refractivity contribution in [1.82, 2.24) is 19.9 Å². The summed E-state index contributed by atoms with van der Waals surface area (Å²) in [6.45, 7) is 3.97. The van der Waals surface area contributed by atoms with Crippen LogP contribution < -0.4 is 15.5 Å². The molecule has 8 nitrogen and oxygen atoms in total. The number of pyridine rings is 2. The van der Waals surface area contributed by atoms with Gasteiger partial charge in [-0.2, -0.15) is 4.39 Å². The zero-order chi connectivity index (χ0) is 22.9. The highest BCUT2D eigenvalue weighted by Crippen LogP contribution is 2.34. The molecule has 3 aromatic rings. The van der Waals surface area contributed by atoms with Crippen LogP contribution in [0.5, 0.6) is 0 Å². The van der Waals surface area contributed by atoms with Gasteiger partial charge in [-0.1, -0.05) is 6.07 Å². The average Bonchev–Trinajstić information content (AvgIpc) is 2.84. The molecule has 1 amide bonds. The zero-order valence-corrected chi connectivity index (χ0v) is 18.5. The van der Waals surface area contributed by atoms with E-state index in [0.29, 0.717) is 31.2 Å². The van der Waals surface area contributed by atoms with E-state index < -0.39 is 5.95 Å². The van der Waals surface area contributed by atoms with Gasteiger partial charge in [0.25, 0.3) is 0 Å². The number of halogens is 1. The van der Waals surface area contributed by atoms with Gasteiger partial charge in [0, 0.05) is 61.8 Å². The van der Waals surface area contributed by atoms with Crippen LogP contribution in [0.1, 0.15) is 37.1 Å². The van der Waals surface area contributed by atoms with Gasteiger partial charge in [0.15, 0.2) is 5.82 Å². The Morgan fingerprint density at radius 2 is 2.06 bits per heavy atom. The number of anilines is 2. The number of nitrogens with zero attached hydrogens (tertiary/aromatic N) is 6. The van der Waals surface area contributed by atoms with E-state index in [1.165, 1.54) is 6.07 Å². The quantitative estimate of drug-likeness (QED) is 0.614. The molecule has 9 heteroatoms. The monoisotopic (exact) mass is 447 g/mol. The number of aromatic nitrogens is 4. The molecule has 1 fully saturated rings. The van der Waals surface area contributed by atoms with Gasteiger partial charge in [-0.3, -0.25) is 9.78 Å². The maximum absolute atomic E-state index is 14.6. The number of rotatable bonds is 4. The highest BCUT2D eigenvalue weighted by molar-refractivity contribution is 5.77. The number of carbonyl (C=O) groups excluding carboxylic acids is 1. The first-order chi connectivity index (χ1) is 16.0. The molecule has 0 spiro atoms. The van der Waals surface area contributed by atoms with Crippen molar-refractivity contribution in [2.24, 2.45) is 11.7 Å². The molecule has 2 aliphatic heterocycles. The third-order valence-corrected chi connectivity index (χ3v) is 6.55. The van der Waals surface area contributed by atoms with Crippen LogP contribution in [0, 0.1) is 11.9 Å². The summed E-state index contributed by atoms with van der Waals surface area (Å²) >= 11 is 0. The largest absolute Gasteiger partial charge is 0.370 e. The molecule has 2 aliphatic rings. The predicted molar refractivity (Wildman–Crippen MR) is 123 cm³/mol. The SMILES string of the molecule is CC1c2cnc(-c3ccccn3)nc2CCN1c1cc(N2CCCC(C(N)=O)C2)cc(F)n1. The average molecular weight is 448 g/mol. The van der Waals surface area contributed by atoms with E-state index in [0.717, 1.165) is 42.0 Å². The molecule has 0 aliphatic carbocycles. The normalized spacial score (nSPS) is 20.4. The topological polar surface area (TPSA) is 101 Å². The maximum atomic E-state index is 14.6. The number of piperidine rings is 1. The number of fused-ring (bicyclic) bond motifs is 1. The van der Waals surface area contributed by atoms with Gasteiger partial charge in [0.1, 0.15) is 11.5 Å². The summed E-state index contributed by atoms with van der Waals surface area (Å²) in [5.74, 6) is 0.113. The zero-order valence-electron chi connectivity index (χ0n) is 18.5. The minimum atomic E-state index is -0.538. The molecule has 0 saturated carbocycles.